The predicted molar refractivity (Wildman–Crippen MR) is 80.0 cm³/mol. The molecular formula is C15H29N3O2. The number of nitrogens with zero attached hydrogens (tertiary/aromatic N) is 1. The van der Waals surface area contributed by atoms with Crippen molar-refractivity contribution in [2.75, 3.05) is 26.2 Å². The lowest BCUT2D eigenvalue weighted by atomic mass is 9.74. The molecule has 0 aliphatic carbocycles. The molecule has 1 aliphatic heterocycles. The highest BCUT2D eigenvalue weighted by atomic mass is 16.2. The van der Waals surface area contributed by atoms with Crippen LogP contribution in [-0.4, -0.2) is 42.9 Å². The van der Waals surface area contributed by atoms with Gasteiger partial charge in [0.05, 0.1) is 6.54 Å². The van der Waals surface area contributed by atoms with Crippen LogP contribution in [0.3, 0.4) is 0 Å². The Morgan fingerprint density at radius 2 is 2.05 bits per heavy atom. The summed E-state index contributed by atoms with van der Waals surface area (Å²) in [5.41, 5.74) is 4.82. The van der Waals surface area contributed by atoms with E-state index in [4.69, 9.17) is 5.73 Å². The van der Waals surface area contributed by atoms with Crippen molar-refractivity contribution in [3.8, 4) is 0 Å². The van der Waals surface area contributed by atoms with Gasteiger partial charge >= 0.3 is 0 Å². The third kappa shape index (κ3) is 4.47. The average Bonchev–Trinajstić information content (AvgIpc) is 2.37. The molecule has 3 N–H and O–H groups in total. The summed E-state index contributed by atoms with van der Waals surface area (Å²) < 4.78 is 0. The molecule has 1 aliphatic rings. The van der Waals surface area contributed by atoms with Crippen LogP contribution in [0, 0.1) is 17.3 Å². The number of amides is 2. The molecule has 1 rings (SSSR count). The fraction of sp³-hybridized carbons (Fsp3) is 0.867. The van der Waals surface area contributed by atoms with Gasteiger partial charge in [0, 0.05) is 12.0 Å². The van der Waals surface area contributed by atoms with E-state index in [1.54, 1.807) is 4.90 Å². The number of hydrogen-bond donors (Lipinski definition) is 2. The number of nitrogens with one attached hydrogen (secondary N) is 1. The van der Waals surface area contributed by atoms with E-state index >= 15 is 0 Å². The Kier molecular flexibility index (Phi) is 5.99. The molecule has 5 nitrogen and oxygen atoms in total. The first-order valence-electron chi connectivity index (χ1n) is 7.53. The summed E-state index contributed by atoms with van der Waals surface area (Å²) in [4.78, 5) is 25.7. The Morgan fingerprint density at radius 3 is 2.50 bits per heavy atom. The molecule has 0 aromatic carbocycles. The molecule has 0 saturated carbocycles. The first kappa shape index (κ1) is 17.0. The third-order valence-corrected chi connectivity index (χ3v) is 4.09. The first-order chi connectivity index (χ1) is 9.25. The Morgan fingerprint density at radius 1 is 1.40 bits per heavy atom. The number of hydrogen-bond acceptors (Lipinski definition) is 3. The predicted octanol–water partition coefficient (Wildman–Crippen LogP) is 0.982. The molecule has 116 valence electrons. The molecule has 0 radical (unpaired) electrons. The number of primary amides is 1. The lowest BCUT2D eigenvalue weighted by Crippen LogP contribution is -2.51. The first-order valence-corrected chi connectivity index (χ1v) is 7.53. The highest BCUT2D eigenvalue weighted by molar-refractivity contribution is 5.87. The second-order valence-electron chi connectivity index (χ2n) is 6.81. The van der Waals surface area contributed by atoms with Gasteiger partial charge in [0.2, 0.25) is 11.8 Å². The van der Waals surface area contributed by atoms with Gasteiger partial charge in [0.25, 0.3) is 0 Å². The summed E-state index contributed by atoms with van der Waals surface area (Å²) in [6, 6.07) is 0. The summed E-state index contributed by atoms with van der Waals surface area (Å²) in [6.07, 6.45) is 2.15. The zero-order valence-corrected chi connectivity index (χ0v) is 13.2. The van der Waals surface area contributed by atoms with Gasteiger partial charge in [-0.2, -0.15) is 0 Å². The fourth-order valence-corrected chi connectivity index (χ4v) is 2.90. The van der Waals surface area contributed by atoms with E-state index in [-0.39, 0.29) is 12.5 Å². The van der Waals surface area contributed by atoms with Gasteiger partial charge in [0.1, 0.15) is 0 Å². The molecule has 1 unspecified atom stereocenters. The van der Waals surface area contributed by atoms with Crippen LogP contribution in [0.25, 0.3) is 0 Å². The summed E-state index contributed by atoms with van der Waals surface area (Å²) in [5, 5.41) is 3.35. The second kappa shape index (κ2) is 7.07. The molecular weight excluding hydrogens is 254 g/mol. The molecule has 1 atom stereocenters. The summed E-state index contributed by atoms with van der Waals surface area (Å²) in [7, 11) is 0. The molecule has 0 spiro atoms. The van der Waals surface area contributed by atoms with Crippen molar-refractivity contribution in [2.45, 2.75) is 40.5 Å². The normalized spacial score (nSPS) is 19.9. The van der Waals surface area contributed by atoms with E-state index < -0.39 is 11.3 Å². The molecule has 1 fully saturated rings. The zero-order valence-electron chi connectivity index (χ0n) is 13.2. The molecule has 0 aromatic rings. The quantitative estimate of drug-likeness (QED) is 0.763. The van der Waals surface area contributed by atoms with Crippen LogP contribution in [0.1, 0.15) is 40.5 Å². The Bertz CT molecular complexity index is 347. The summed E-state index contributed by atoms with van der Waals surface area (Å²) in [6.45, 7) is 10.5. The Balaban J connectivity index is 2.81. The van der Waals surface area contributed by atoms with Crippen molar-refractivity contribution in [1.82, 2.24) is 10.2 Å². The fourth-order valence-electron chi connectivity index (χ4n) is 2.90. The van der Waals surface area contributed by atoms with Crippen LogP contribution in [0.15, 0.2) is 0 Å². The minimum atomic E-state index is -0.461. The van der Waals surface area contributed by atoms with Crippen LogP contribution in [0.4, 0.5) is 0 Å². The van der Waals surface area contributed by atoms with E-state index in [1.165, 1.54) is 0 Å². The van der Waals surface area contributed by atoms with Gasteiger partial charge in [-0.1, -0.05) is 27.7 Å². The average molecular weight is 283 g/mol. The molecule has 1 heterocycles. The standard InChI is InChI=1S/C15H29N3O2/c1-11(2)9-18(10-13(16)19)14(20)15(3,4)12-6-5-7-17-8-12/h11-12,17H,5-10H2,1-4H3,(H2,16,19). The Labute approximate surface area is 122 Å². The molecule has 2 amide bonds. The lowest BCUT2D eigenvalue weighted by molar-refractivity contribution is -0.146. The van der Waals surface area contributed by atoms with Gasteiger partial charge in [-0.25, -0.2) is 0 Å². The van der Waals surface area contributed by atoms with Crippen molar-refractivity contribution in [1.29, 1.82) is 0 Å². The van der Waals surface area contributed by atoms with Crippen LogP contribution >= 0.6 is 0 Å². The van der Waals surface area contributed by atoms with E-state index in [1.807, 2.05) is 27.7 Å². The number of carbonyl (C=O) groups excluding carboxylic acids is 2. The van der Waals surface area contributed by atoms with Crippen molar-refractivity contribution < 1.29 is 9.59 Å². The van der Waals surface area contributed by atoms with Crippen LogP contribution in [0.5, 0.6) is 0 Å². The van der Waals surface area contributed by atoms with Crippen molar-refractivity contribution in [3.05, 3.63) is 0 Å². The Hall–Kier alpha value is -1.10. The van der Waals surface area contributed by atoms with Crippen LogP contribution in [0.2, 0.25) is 0 Å². The minimum Gasteiger partial charge on any atom is -0.368 e. The molecule has 20 heavy (non-hydrogen) atoms. The number of nitrogens with two attached hydrogens (primary N) is 1. The van der Waals surface area contributed by atoms with Gasteiger partial charge in [-0.3, -0.25) is 9.59 Å². The van der Waals surface area contributed by atoms with Gasteiger partial charge in [0.15, 0.2) is 0 Å². The topological polar surface area (TPSA) is 75.4 Å². The van der Waals surface area contributed by atoms with Crippen LogP contribution < -0.4 is 11.1 Å². The van der Waals surface area contributed by atoms with E-state index in [9.17, 15) is 9.59 Å². The van der Waals surface area contributed by atoms with E-state index in [0.717, 1.165) is 25.9 Å². The number of rotatable bonds is 6. The second-order valence-corrected chi connectivity index (χ2v) is 6.81. The molecule has 5 heteroatoms. The monoisotopic (exact) mass is 283 g/mol. The number of carbonyl (C=O) groups is 2. The highest BCUT2D eigenvalue weighted by Gasteiger charge is 2.40. The van der Waals surface area contributed by atoms with Gasteiger partial charge < -0.3 is 16.0 Å². The van der Waals surface area contributed by atoms with Crippen LogP contribution in [-0.2, 0) is 9.59 Å². The molecule has 0 aromatic heterocycles. The smallest absolute Gasteiger partial charge is 0.237 e. The maximum absolute atomic E-state index is 12.8. The molecule has 1 saturated heterocycles. The largest absolute Gasteiger partial charge is 0.368 e. The summed E-state index contributed by atoms with van der Waals surface area (Å²) >= 11 is 0. The highest BCUT2D eigenvalue weighted by Crippen LogP contribution is 2.33. The number of piperidine rings is 1. The third-order valence-electron chi connectivity index (χ3n) is 4.09. The SMILES string of the molecule is CC(C)CN(CC(N)=O)C(=O)C(C)(C)C1CCCNC1. The zero-order chi connectivity index (χ0) is 15.3. The van der Waals surface area contributed by atoms with Gasteiger partial charge in [-0.15, -0.1) is 0 Å². The minimum absolute atomic E-state index is 0.0145. The summed E-state index contributed by atoms with van der Waals surface area (Å²) in [5.74, 6) is 0.222. The maximum Gasteiger partial charge on any atom is 0.237 e. The lowest BCUT2D eigenvalue weighted by Gasteiger charge is -2.39. The molecule has 0 bridgehead atoms. The van der Waals surface area contributed by atoms with Crippen molar-refractivity contribution in [3.63, 3.8) is 0 Å². The maximum atomic E-state index is 12.8. The van der Waals surface area contributed by atoms with Crippen molar-refractivity contribution >= 4 is 11.8 Å². The van der Waals surface area contributed by atoms with Crippen molar-refractivity contribution in [2.24, 2.45) is 23.0 Å². The van der Waals surface area contributed by atoms with E-state index in [2.05, 4.69) is 5.32 Å². The van der Waals surface area contributed by atoms with E-state index in [0.29, 0.717) is 18.4 Å². The van der Waals surface area contributed by atoms with Gasteiger partial charge in [-0.05, 0) is 37.8 Å².